The molecule has 0 fully saturated rings. The van der Waals surface area contributed by atoms with Crippen molar-refractivity contribution in [3.63, 3.8) is 0 Å². The second-order valence-corrected chi connectivity index (χ2v) is 11.9. The van der Waals surface area contributed by atoms with Crippen molar-refractivity contribution in [1.82, 2.24) is 9.29 Å². The van der Waals surface area contributed by atoms with E-state index in [0.29, 0.717) is 24.8 Å². The van der Waals surface area contributed by atoms with Crippen LogP contribution in [0.5, 0.6) is 5.75 Å². The van der Waals surface area contributed by atoms with Gasteiger partial charge in [0.15, 0.2) is 0 Å². The Hall–Kier alpha value is -3.12. The molecule has 1 heterocycles. The molecule has 0 saturated carbocycles. The Bertz CT molecular complexity index is 1550. The number of anilines is 1. The normalized spacial score (nSPS) is 11.9. The first-order chi connectivity index (χ1) is 18.3. The number of nitrogens with zero attached hydrogens (tertiary/aromatic N) is 4. The van der Waals surface area contributed by atoms with Gasteiger partial charge in [-0.15, -0.1) is 0 Å². The lowest BCUT2D eigenvalue weighted by Gasteiger charge is -2.19. The molecule has 4 aromatic rings. The third kappa shape index (κ3) is 6.12. The molecule has 0 radical (unpaired) electrons. The first kappa shape index (κ1) is 27.9. The van der Waals surface area contributed by atoms with E-state index in [-0.39, 0.29) is 10.5 Å². The van der Waals surface area contributed by atoms with Crippen LogP contribution in [0, 0.1) is 0 Å². The molecular formula is C27H27BrN4O4S2. The van der Waals surface area contributed by atoms with E-state index in [0.717, 1.165) is 26.0 Å². The van der Waals surface area contributed by atoms with Crippen molar-refractivity contribution in [3.05, 3.63) is 82.3 Å². The van der Waals surface area contributed by atoms with Crippen LogP contribution in [0.1, 0.15) is 36.7 Å². The first-order valence-corrected chi connectivity index (χ1v) is 15.1. The minimum Gasteiger partial charge on any atom is -0.494 e. The van der Waals surface area contributed by atoms with Gasteiger partial charge in [0.2, 0.25) is 15.2 Å². The maximum absolute atomic E-state index is 13.6. The number of ether oxygens (including phenoxy) is 1. The van der Waals surface area contributed by atoms with Crippen molar-refractivity contribution >= 4 is 64.8 Å². The highest BCUT2D eigenvalue weighted by Gasteiger charge is 2.24. The average molecular weight is 616 g/mol. The summed E-state index contributed by atoms with van der Waals surface area (Å²) in [5.41, 5.74) is 1.80. The highest BCUT2D eigenvalue weighted by molar-refractivity contribution is 9.10. The van der Waals surface area contributed by atoms with Gasteiger partial charge in [-0.05, 0) is 79.2 Å². The molecule has 0 saturated heterocycles. The van der Waals surface area contributed by atoms with Crippen molar-refractivity contribution in [2.24, 2.45) is 5.10 Å². The Morgan fingerprint density at radius 3 is 2.34 bits per heavy atom. The molecule has 0 atom stereocenters. The van der Waals surface area contributed by atoms with Crippen LogP contribution in [0.4, 0.5) is 5.13 Å². The minimum absolute atomic E-state index is 0.132. The van der Waals surface area contributed by atoms with Crippen molar-refractivity contribution < 1.29 is 17.9 Å². The molecule has 0 aliphatic carbocycles. The number of fused-ring (bicyclic) bond motifs is 1. The van der Waals surface area contributed by atoms with Crippen LogP contribution in [0.15, 0.2) is 81.2 Å². The fourth-order valence-electron chi connectivity index (χ4n) is 3.71. The second kappa shape index (κ2) is 12.2. The van der Waals surface area contributed by atoms with Crippen LogP contribution >= 0.6 is 27.3 Å². The summed E-state index contributed by atoms with van der Waals surface area (Å²) in [5.74, 6) is 0.311. The zero-order chi connectivity index (χ0) is 27.3. The maximum atomic E-state index is 13.6. The number of hydrogen-bond acceptors (Lipinski definition) is 7. The van der Waals surface area contributed by atoms with Crippen LogP contribution in [0.2, 0.25) is 0 Å². The van der Waals surface area contributed by atoms with Gasteiger partial charge in [-0.25, -0.2) is 13.4 Å². The number of sulfonamides is 1. The Balaban J connectivity index is 1.69. The number of halogens is 1. The summed E-state index contributed by atoms with van der Waals surface area (Å²) in [6.45, 7) is 6.79. The summed E-state index contributed by atoms with van der Waals surface area (Å²) in [5, 5.41) is 6.12. The summed E-state index contributed by atoms with van der Waals surface area (Å²) < 4.78 is 34.4. The molecule has 1 amide bonds. The number of carbonyl (C=O) groups is 1. The molecule has 0 aliphatic heterocycles. The molecule has 0 unspecified atom stereocenters. The third-order valence-electron chi connectivity index (χ3n) is 5.67. The summed E-state index contributed by atoms with van der Waals surface area (Å²) in [6.07, 6.45) is 1.58. The zero-order valence-electron chi connectivity index (χ0n) is 21.2. The van der Waals surface area contributed by atoms with E-state index >= 15 is 0 Å². The fourth-order valence-corrected chi connectivity index (χ4v) is 6.64. The van der Waals surface area contributed by atoms with Crippen LogP contribution in [-0.2, 0) is 10.0 Å². The summed E-state index contributed by atoms with van der Waals surface area (Å²) in [7, 11) is -3.64. The Kier molecular flexibility index (Phi) is 8.93. The Morgan fingerprint density at radius 1 is 1.03 bits per heavy atom. The van der Waals surface area contributed by atoms with E-state index < -0.39 is 15.9 Å². The number of amides is 1. The smallest absolute Gasteiger partial charge is 0.280 e. The van der Waals surface area contributed by atoms with Crippen LogP contribution in [0.3, 0.4) is 0 Å². The first-order valence-electron chi connectivity index (χ1n) is 12.0. The van der Waals surface area contributed by atoms with Gasteiger partial charge in [0, 0.05) is 23.1 Å². The van der Waals surface area contributed by atoms with Gasteiger partial charge >= 0.3 is 0 Å². The summed E-state index contributed by atoms with van der Waals surface area (Å²) in [4.78, 5) is 18.4. The van der Waals surface area contributed by atoms with Crippen molar-refractivity contribution in [2.45, 2.75) is 25.7 Å². The molecule has 8 nitrogen and oxygen atoms in total. The lowest BCUT2D eigenvalue weighted by molar-refractivity contribution is 0.0987. The van der Waals surface area contributed by atoms with Crippen molar-refractivity contribution in [2.75, 3.05) is 24.7 Å². The molecule has 198 valence electrons. The van der Waals surface area contributed by atoms with Crippen LogP contribution in [-0.4, -0.2) is 49.5 Å². The largest absolute Gasteiger partial charge is 0.494 e. The summed E-state index contributed by atoms with van der Waals surface area (Å²) >= 11 is 4.80. The number of hydrogen-bond donors (Lipinski definition) is 0. The zero-order valence-corrected chi connectivity index (χ0v) is 24.4. The Labute approximate surface area is 234 Å². The number of thiazole rings is 1. The van der Waals surface area contributed by atoms with Gasteiger partial charge in [-0.3, -0.25) is 4.79 Å². The van der Waals surface area contributed by atoms with E-state index in [9.17, 15) is 13.2 Å². The van der Waals surface area contributed by atoms with Gasteiger partial charge < -0.3 is 4.74 Å². The lowest BCUT2D eigenvalue weighted by atomic mass is 10.2. The summed E-state index contributed by atoms with van der Waals surface area (Å²) in [6, 6.07) is 18.9. The highest BCUT2D eigenvalue weighted by Crippen LogP contribution is 2.32. The van der Waals surface area contributed by atoms with E-state index in [2.05, 4.69) is 26.0 Å². The van der Waals surface area contributed by atoms with Gasteiger partial charge in [0.1, 0.15) is 5.75 Å². The van der Waals surface area contributed by atoms with Gasteiger partial charge in [0.05, 0.1) is 27.9 Å². The SMILES string of the molecule is CCOc1ccc(/C=N/N(C(=O)c2ccc(S(=O)(=O)N(CC)CC)cc2)c2nc3ccc(Br)cc3s2)cc1. The monoisotopic (exact) mass is 614 g/mol. The third-order valence-corrected chi connectivity index (χ3v) is 9.22. The molecular weight excluding hydrogens is 588 g/mol. The topological polar surface area (TPSA) is 92.2 Å². The quantitative estimate of drug-likeness (QED) is 0.157. The molecule has 11 heteroatoms. The molecule has 1 aromatic heterocycles. The van der Waals surface area contributed by atoms with Crippen LogP contribution in [0.25, 0.3) is 10.2 Å². The molecule has 0 spiro atoms. The fraction of sp³-hybridized carbons (Fsp3) is 0.222. The molecule has 3 aromatic carbocycles. The highest BCUT2D eigenvalue weighted by atomic mass is 79.9. The Morgan fingerprint density at radius 2 is 1.71 bits per heavy atom. The molecule has 0 aliphatic rings. The standard InChI is InChI=1S/C27H27BrN4O4S2/c1-4-31(5-2)38(34,35)23-14-9-20(10-15-23)26(33)32(27-30-24-16-11-21(28)17-25(24)37-27)29-18-19-7-12-22(13-8-19)36-6-3/h7-18H,4-6H2,1-3H3/b29-18+. The number of rotatable bonds is 10. The second-order valence-electron chi connectivity index (χ2n) is 8.09. The number of hydrazone groups is 1. The van der Waals surface area contributed by atoms with Crippen LogP contribution < -0.4 is 9.75 Å². The molecule has 0 bridgehead atoms. The average Bonchev–Trinajstić information content (AvgIpc) is 3.33. The van der Waals surface area contributed by atoms with E-state index in [1.54, 1.807) is 20.1 Å². The maximum Gasteiger partial charge on any atom is 0.280 e. The number of carbonyl (C=O) groups excluding carboxylic acids is 1. The lowest BCUT2D eigenvalue weighted by Crippen LogP contribution is -2.30. The van der Waals surface area contributed by atoms with Gasteiger partial charge in [-0.2, -0.15) is 14.4 Å². The predicted octanol–water partition coefficient (Wildman–Crippen LogP) is 6.17. The molecule has 4 rings (SSSR count). The number of aromatic nitrogens is 1. The van der Waals surface area contributed by atoms with Gasteiger partial charge in [0.25, 0.3) is 5.91 Å². The van der Waals surface area contributed by atoms with E-state index in [4.69, 9.17) is 4.74 Å². The predicted molar refractivity (Wildman–Crippen MR) is 156 cm³/mol. The van der Waals surface area contributed by atoms with Gasteiger partial charge in [-0.1, -0.05) is 41.1 Å². The molecule has 38 heavy (non-hydrogen) atoms. The molecule has 0 N–H and O–H groups in total. The van der Waals surface area contributed by atoms with Crippen molar-refractivity contribution in [3.8, 4) is 5.75 Å². The number of benzene rings is 3. The van der Waals surface area contributed by atoms with E-state index in [1.165, 1.54) is 44.9 Å². The minimum atomic E-state index is -3.64. The van der Waals surface area contributed by atoms with Crippen molar-refractivity contribution in [1.29, 1.82) is 0 Å². The van der Waals surface area contributed by atoms with E-state index in [1.807, 2.05) is 49.4 Å².